The molecule has 0 aliphatic carbocycles. The number of hydrogen-bond donors (Lipinski definition) is 2. The molecule has 0 unspecified atom stereocenters. The molecule has 0 aliphatic heterocycles. The molecule has 0 rings (SSSR count). The Morgan fingerprint density at radius 1 is 1.29 bits per heavy atom. The fourth-order valence-corrected chi connectivity index (χ4v) is 0. The van der Waals surface area contributed by atoms with E-state index in [1.807, 2.05) is 0 Å². The van der Waals surface area contributed by atoms with Gasteiger partial charge in [0.15, 0.2) is 0 Å². The van der Waals surface area contributed by atoms with Crippen LogP contribution in [0.4, 0.5) is 0 Å². The van der Waals surface area contributed by atoms with Crippen LogP contribution in [-0.2, 0) is 38.6 Å². The fourth-order valence-electron chi connectivity index (χ4n) is 0. The van der Waals surface area contributed by atoms with Crippen LogP contribution in [0.5, 0.6) is 0 Å². The molecule has 7 heteroatoms. The molecule has 44 valence electrons. The quantitative estimate of drug-likeness (QED) is 0.438. The molecule has 0 aromatic heterocycles. The number of hydrogen-bond acceptors (Lipinski definition) is 1. The van der Waals surface area contributed by atoms with Crippen LogP contribution in [0.25, 0.3) is 0 Å². The van der Waals surface area contributed by atoms with Crippen molar-refractivity contribution in [1.82, 2.24) is 0 Å². The molecule has 0 spiro atoms. The van der Waals surface area contributed by atoms with E-state index in [9.17, 15) is 0 Å². The van der Waals surface area contributed by atoms with E-state index < -0.39 is 9.17 Å². The van der Waals surface area contributed by atoms with Gasteiger partial charge in [0.25, 0.3) is 0 Å². The molecule has 0 fully saturated rings. The van der Waals surface area contributed by atoms with Crippen molar-refractivity contribution in [3.63, 3.8) is 0 Å². The molecule has 7 heavy (non-hydrogen) atoms. The molecule has 0 amide bonds. The van der Waals surface area contributed by atoms with Gasteiger partial charge in [0.1, 0.15) is 0 Å². The molecule has 3 nitrogen and oxygen atoms in total. The van der Waals surface area contributed by atoms with Gasteiger partial charge in [-0.15, -0.1) is 0 Å². The summed E-state index contributed by atoms with van der Waals surface area (Å²) in [5, 5.41) is 0. The van der Waals surface area contributed by atoms with Gasteiger partial charge in [0, 0.05) is 34.1 Å². The normalized spacial score (nSPS) is 3.43. The molecule has 0 saturated heterocycles. The Balaban J connectivity index is -0.0000000150. The zero-order valence-corrected chi connectivity index (χ0v) is 5.60. The molecule has 0 saturated carbocycles. The van der Waals surface area contributed by atoms with Gasteiger partial charge in [-0.3, -0.25) is 4.46 Å². The third-order valence-corrected chi connectivity index (χ3v) is 0. The SMILES string of the molecule is O=[Si](O)O.[Cu].[LiH].[Mn]. The molecule has 0 aromatic carbocycles. The molecule has 2 N–H and O–H groups in total. The summed E-state index contributed by atoms with van der Waals surface area (Å²) in [4.78, 5) is 14.3. The van der Waals surface area contributed by atoms with Crippen LogP contribution in [0, 0.1) is 0 Å². The summed E-state index contributed by atoms with van der Waals surface area (Å²) in [6.07, 6.45) is 0. The van der Waals surface area contributed by atoms with Crippen LogP contribution in [0.1, 0.15) is 0 Å². The summed E-state index contributed by atoms with van der Waals surface area (Å²) in [6.45, 7) is 0. The predicted octanol–water partition coefficient (Wildman–Crippen LogP) is -2.27. The number of rotatable bonds is 0. The van der Waals surface area contributed by atoms with Crippen LogP contribution in [0.3, 0.4) is 0 Å². The van der Waals surface area contributed by atoms with Crippen molar-refractivity contribution in [2.75, 3.05) is 0 Å². The largest absolute Gasteiger partial charge is 0 e. The first-order chi connectivity index (χ1) is 1.73. The first-order valence-electron chi connectivity index (χ1n) is 0.651. The standard InChI is InChI=1S/Cu.Li.Mn.H2O3Si.H/c;;;1-4(2)3;/h;;;1-2H;. The van der Waals surface area contributed by atoms with Gasteiger partial charge in [-0.25, -0.2) is 0 Å². The van der Waals surface area contributed by atoms with E-state index in [1.54, 1.807) is 0 Å². The Morgan fingerprint density at radius 3 is 1.29 bits per heavy atom. The third-order valence-electron chi connectivity index (χ3n) is 0. The smallest absolute Gasteiger partial charge is 0 e. The predicted molar refractivity (Wildman–Crippen MR) is 18.0 cm³/mol. The maximum Gasteiger partial charge on any atom is 0 e. The topological polar surface area (TPSA) is 57.5 Å². The van der Waals surface area contributed by atoms with Gasteiger partial charge < -0.3 is 9.59 Å². The molecular weight excluding hydrogens is 202 g/mol. The van der Waals surface area contributed by atoms with Crippen LogP contribution in [0.15, 0.2) is 0 Å². The first-order valence-corrected chi connectivity index (χ1v) is 1.95. The summed E-state index contributed by atoms with van der Waals surface area (Å²) in [5.74, 6) is 0. The molecule has 0 aromatic rings. The summed E-state index contributed by atoms with van der Waals surface area (Å²) < 4.78 is 8.74. The van der Waals surface area contributed by atoms with E-state index in [4.69, 9.17) is 14.1 Å². The molecular formula is H3CuLiMnO3Si. The van der Waals surface area contributed by atoms with Gasteiger partial charge in [0.2, 0.25) is 0 Å². The Kier molecular flexibility index (Phi) is 53.8. The Hall–Kier alpha value is 1.25. The second-order valence-electron chi connectivity index (χ2n) is 0.283. The zero-order chi connectivity index (χ0) is 3.58. The van der Waals surface area contributed by atoms with Crippen molar-refractivity contribution in [3.8, 4) is 0 Å². The zero-order valence-electron chi connectivity index (χ0n) is 2.48. The second kappa shape index (κ2) is 15.7. The van der Waals surface area contributed by atoms with E-state index in [1.165, 1.54) is 0 Å². The van der Waals surface area contributed by atoms with E-state index in [2.05, 4.69) is 0 Å². The van der Waals surface area contributed by atoms with E-state index in [-0.39, 0.29) is 53.0 Å². The van der Waals surface area contributed by atoms with Crippen molar-refractivity contribution in [3.05, 3.63) is 0 Å². The molecule has 0 atom stereocenters. The molecule has 2 radical (unpaired) electrons. The summed E-state index contributed by atoms with van der Waals surface area (Å²) >= 11 is 0. The summed E-state index contributed by atoms with van der Waals surface area (Å²) in [6, 6.07) is 0. The van der Waals surface area contributed by atoms with Gasteiger partial charge in [0.05, 0.1) is 0 Å². The monoisotopic (exact) mass is 204 g/mol. The van der Waals surface area contributed by atoms with Crippen molar-refractivity contribution < 1.29 is 48.2 Å². The Labute approximate surface area is 75.9 Å². The van der Waals surface area contributed by atoms with Gasteiger partial charge in [-0.2, -0.15) is 0 Å². The van der Waals surface area contributed by atoms with E-state index >= 15 is 0 Å². The van der Waals surface area contributed by atoms with Gasteiger partial charge in [-0.1, -0.05) is 0 Å². The van der Waals surface area contributed by atoms with Crippen molar-refractivity contribution >= 4 is 28.0 Å². The van der Waals surface area contributed by atoms with E-state index in [0.717, 1.165) is 0 Å². The average Bonchev–Trinajstić information content (AvgIpc) is 0.811. The summed E-state index contributed by atoms with van der Waals surface area (Å²) in [7, 11) is -3.13. The van der Waals surface area contributed by atoms with Crippen LogP contribution >= 0.6 is 0 Å². The second-order valence-corrected chi connectivity index (χ2v) is 0.848. The van der Waals surface area contributed by atoms with Gasteiger partial charge in [-0.05, 0) is 0 Å². The molecule has 0 heterocycles. The Morgan fingerprint density at radius 2 is 1.29 bits per heavy atom. The minimum atomic E-state index is -3.13. The van der Waals surface area contributed by atoms with Crippen LogP contribution in [-0.4, -0.2) is 37.6 Å². The van der Waals surface area contributed by atoms with Crippen molar-refractivity contribution in [1.29, 1.82) is 0 Å². The maximum absolute atomic E-state index is 8.74. The van der Waals surface area contributed by atoms with Gasteiger partial charge >= 0.3 is 28.0 Å². The maximum atomic E-state index is 8.74. The minimum Gasteiger partial charge on any atom is 0 e. The molecule has 0 aliphatic rings. The van der Waals surface area contributed by atoms with E-state index in [0.29, 0.717) is 0 Å². The fraction of sp³-hybridized carbons (Fsp3) is 0. The average molecular weight is 205 g/mol. The molecule has 0 bridgehead atoms. The van der Waals surface area contributed by atoms with Crippen molar-refractivity contribution in [2.45, 2.75) is 0 Å². The third kappa shape index (κ3) is 127. The first kappa shape index (κ1) is 24.0. The Bertz CT molecular complexity index is 37.9. The van der Waals surface area contributed by atoms with Crippen LogP contribution in [0.2, 0.25) is 0 Å². The van der Waals surface area contributed by atoms with Crippen LogP contribution < -0.4 is 0 Å². The minimum absolute atomic E-state index is 0. The van der Waals surface area contributed by atoms with Crippen molar-refractivity contribution in [2.24, 2.45) is 0 Å². The summed E-state index contributed by atoms with van der Waals surface area (Å²) in [5.41, 5.74) is 0.